The lowest BCUT2D eigenvalue weighted by Gasteiger charge is -2.18. The van der Waals surface area contributed by atoms with Gasteiger partial charge in [0.2, 0.25) is 0 Å². The monoisotopic (exact) mass is 386 g/mol. The van der Waals surface area contributed by atoms with Crippen LogP contribution in [0.2, 0.25) is 0 Å². The number of rotatable bonds is 8. The molecule has 152 valence electrons. The van der Waals surface area contributed by atoms with E-state index in [2.05, 4.69) is 62.4 Å². The van der Waals surface area contributed by atoms with Gasteiger partial charge in [-0.15, -0.1) is 10.2 Å². The average molecular weight is 387 g/mol. The van der Waals surface area contributed by atoms with E-state index >= 15 is 0 Å². The highest BCUT2D eigenvalue weighted by Gasteiger charge is 2.18. The van der Waals surface area contributed by atoms with Crippen molar-refractivity contribution in [2.75, 3.05) is 26.8 Å². The van der Waals surface area contributed by atoms with Gasteiger partial charge in [0.05, 0.1) is 13.2 Å². The first-order chi connectivity index (χ1) is 13.7. The maximum atomic E-state index is 6.17. The van der Waals surface area contributed by atoms with Crippen molar-refractivity contribution >= 4 is 5.96 Å². The molecule has 1 aliphatic rings. The molecular weight excluding hydrogens is 356 g/mol. The maximum absolute atomic E-state index is 6.17. The number of ether oxygens (including phenoxy) is 2. The molecule has 1 aromatic carbocycles. The summed E-state index contributed by atoms with van der Waals surface area (Å²) in [5.41, 5.74) is 2.29. The summed E-state index contributed by atoms with van der Waals surface area (Å²) in [5.74, 6) is 2.65. The van der Waals surface area contributed by atoms with Crippen LogP contribution in [0, 0.1) is 6.92 Å². The predicted molar refractivity (Wildman–Crippen MR) is 109 cm³/mol. The van der Waals surface area contributed by atoms with Gasteiger partial charge in [0.15, 0.2) is 5.96 Å². The first-order valence-corrected chi connectivity index (χ1v) is 9.84. The van der Waals surface area contributed by atoms with Gasteiger partial charge >= 0.3 is 0 Å². The first kappa shape index (κ1) is 20.1. The van der Waals surface area contributed by atoms with Crippen molar-refractivity contribution < 1.29 is 9.47 Å². The topological polar surface area (TPSA) is 85.6 Å². The summed E-state index contributed by atoms with van der Waals surface area (Å²) in [6.45, 7) is 7.74. The molecule has 1 fully saturated rings. The van der Waals surface area contributed by atoms with Crippen LogP contribution in [-0.4, -0.2) is 53.6 Å². The summed E-state index contributed by atoms with van der Waals surface area (Å²) in [7, 11) is 1.77. The van der Waals surface area contributed by atoms with Crippen LogP contribution in [0.5, 0.6) is 5.75 Å². The molecule has 8 heteroatoms. The van der Waals surface area contributed by atoms with E-state index in [-0.39, 0.29) is 6.10 Å². The van der Waals surface area contributed by atoms with Gasteiger partial charge in [-0.2, -0.15) is 0 Å². The standard InChI is InChI=1S/C20H30N6O2/c1-4-19-25-24-14-26(19)9-8-22-20(21-3)23-12-16-6-5-15(2)11-18(16)28-17-7-10-27-13-17/h5-6,11,14,17H,4,7-10,12-13H2,1-3H3,(H2,21,22,23). The summed E-state index contributed by atoms with van der Waals surface area (Å²) >= 11 is 0. The molecule has 3 rings (SSSR count). The quantitative estimate of drug-likeness (QED) is 0.530. The highest BCUT2D eigenvalue weighted by atomic mass is 16.5. The second-order valence-corrected chi connectivity index (χ2v) is 6.86. The van der Waals surface area contributed by atoms with Crippen LogP contribution in [-0.2, 0) is 24.2 Å². The number of guanidine groups is 1. The third kappa shape index (κ3) is 5.45. The summed E-state index contributed by atoms with van der Waals surface area (Å²) < 4.78 is 13.6. The molecule has 0 amide bonds. The number of nitrogens with one attached hydrogen (secondary N) is 2. The lowest BCUT2D eigenvalue weighted by atomic mass is 10.1. The van der Waals surface area contributed by atoms with E-state index in [0.29, 0.717) is 13.2 Å². The zero-order valence-electron chi connectivity index (χ0n) is 16.9. The zero-order valence-corrected chi connectivity index (χ0v) is 16.9. The Balaban J connectivity index is 1.53. The minimum absolute atomic E-state index is 0.134. The molecule has 0 spiro atoms. The van der Waals surface area contributed by atoms with Gasteiger partial charge in [-0.05, 0) is 18.6 Å². The van der Waals surface area contributed by atoms with Gasteiger partial charge in [0.1, 0.15) is 24.0 Å². The van der Waals surface area contributed by atoms with Gasteiger partial charge in [-0.3, -0.25) is 4.99 Å². The van der Waals surface area contributed by atoms with E-state index in [4.69, 9.17) is 9.47 Å². The molecule has 1 aliphatic heterocycles. The van der Waals surface area contributed by atoms with Crippen molar-refractivity contribution in [1.82, 2.24) is 25.4 Å². The number of nitrogens with zero attached hydrogens (tertiary/aromatic N) is 4. The number of benzene rings is 1. The highest BCUT2D eigenvalue weighted by Crippen LogP contribution is 2.23. The average Bonchev–Trinajstić information content (AvgIpc) is 3.37. The molecule has 0 saturated carbocycles. The Morgan fingerprint density at radius 3 is 3.04 bits per heavy atom. The molecule has 28 heavy (non-hydrogen) atoms. The van der Waals surface area contributed by atoms with Crippen molar-refractivity contribution in [3.8, 4) is 5.75 Å². The molecule has 1 atom stereocenters. The Morgan fingerprint density at radius 2 is 2.29 bits per heavy atom. The van der Waals surface area contributed by atoms with Crippen molar-refractivity contribution in [2.45, 2.75) is 45.9 Å². The summed E-state index contributed by atoms with van der Waals surface area (Å²) in [6, 6.07) is 6.29. The van der Waals surface area contributed by atoms with Crippen LogP contribution in [0.1, 0.15) is 30.3 Å². The van der Waals surface area contributed by atoms with Gasteiger partial charge in [0, 0.05) is 45.1 Å². The minimum Gasteiger partial charge on any atom is -0.488 e. The van der Waals surface area contributed by atoms with E-state index in [1.807, 2.05) is 0 Å². The molecule has 2 aromatic rings. The molecule has 8 nitrogen and oxygen atoms in total. The van der Waals surface area contributed by atoms with E-state index in [1.165, 1.54) is 5.56 Å². The lowest BCUT2D eigenvalue weighted by molar-refractivity contribution is 0.140. The van der Waals surface area contributed by atoms with E-state index in [0.717, 1.165) is 55.6 Å². The van der Waals surface area contributed by atoms with Gasteiger partial charge in [-0.1, -0.05) is 19.1 Å². The predicted octanol–water partition coefficient (Wildman–Crippen LogP) is 1.68. The molecule has 0 bridgehead atoms. The first-order valence-electron chi connectivity index (χ1n) is 9.84. The molecular formula is C20H30N6O2. The van der Waals surface area contributed by atoms with Crippen LogP contribution in [0.15, 0.2) is 29.5 Å². The Labute approximate surface area is 166 Å². The molecule has 0 aliphatic carbocycles. The second kappa shape index (κ2) is 10.1. The lowest BCUT2D eigenvalue weighted by Crippen LogP contribution is -2.38. The van der Waals surface area contributed by atoms with Crippen molar-refractivity contribution in [1.29, 1.82) is 0 Å². The third-order valence-corrected chi connectivity index (χ3v) is 4.73. The fraction of sp³-hybridized carbons (Fsp3) is 0.550. The summed E-state index contributed by atoms with van der Waals surface area (Å²) in [6.07, 6.45) is 3.70. The number of aryl methyl sites for hydroxylation is 2. The SMILES string of the molecule is CCc1nncn1CCNC(=NC)NCc1ccc(C)cc1OC1CCOC1. The van der Waals surface area contributed by atoms with Crippen LogP contribution in [0.3, 0.4) is 0 Å². The molecule has 1 saturated heterocycles. The fourth-order valence-corrected chi connectivity index (χ4v) is 3.14. The Hall–Kier alpha value is -2.61. The number of aliphatic imine (C=N–C) groups is 1. The minimum atomic E-state index is 0.134. The number of hydrogen-bond acceptors (Lipinski definition) is 5. The molecule has 2 N–H and O–H groups in total. The fourth-order valence-electron chi connectivity index (χ4n) is 3.14. The van der Waals surface area contributed by atoms with E-state index < -0.39 is 0 Å². The smallest absolute Gasteiger partial charge is 0.191 e. The van der Waals surface area contributed by atoms with Crippen molar-refractivity contribution in [3.63, 3.8) is 0 Å². The summed E-state index contributed by atoms with van der Waals surface area (Å²) in [4.78, 5) is 4.31. The van der Waals surface area contributed by atoms with Crippen molar-refractivity contribution in [2.24, 2.45) is 4.99 Å². The normalized spacial score (nSPS) is 17.0. The number of aromatic nitrogens is 3. The Morgan fingerprint density at radius 1 is 1.39 bits per heavy atom. The number of hydrogen-bond donors (Lipinski definition) is 2. The maximum Gasteiger partial charge on any atom is 0.191 e. The van der Waals surface area contributed by atoms with Gasteiger partial charge < -0.3 is 24.7 Å². The van der Waals surface area contributed by atoms with Gasteiger partial charge in [0.25, 0.3) is 0 Å². The molecule has 2 heterocycles. The third-order valence-electron chi connectivity index (χ3n) is 4.73. The highest BCUT2D eigenvalue weighted by molar-refractivity contribution is 5.79. The van der Waals surface area contributed by atoms with Crippen molar-refractivity contribution in [3.05, 3.63) is 41.5 Å². The van der Waals surface area contributed by atoms with E-state index in [9.17, 15) is 0 Å². The zero-order chi connectivity index (χ0) is 19.8. The van der Waals surface area contributed by atoms with E-state index in [1.54, 1.807) is 13.4 Å². The molecule has 1 unspecified atom stereocenters. The molecule has 0 radical (unpaired) electrons. The Kier molecular flexibility index (Phi) is 7.25. The molecule has 1 aromatic heterocycles. The van der Waals surface area contributed by atoms with Gasteiger partial charge in [-0.25, -0.2) is 0 Å². The largest absolute Gasteiger partial charge is 0.488 e. The van der Waals surface area contributed by atoms with Crippen LogP contribution in [0.4, 0.5) is 0 Å². The second-order valence-electron chi connectivity index (χ2n) is 6.86. The van der Waals surface area contributed by atoms with Crippen LogP contribution in [0.25, 0.3) is 0 Å². The Bertz CT molecular complexity index is 783. The van der Waals surface area contributed by atoms with Crippen LogP contribution >= 0.6 is 0 Å². The summed E-state index contributed by atoms with van der Waals surface area (Å²) in [5, 5.41) is 14.8. The van der Waals surface area contributed by atoms with Crippen LogP contribution < -0.4 is 15.4 Å².